The molecule has 11 heavy (non-hydrogen) atoms. The van der Waals surface area contributed by atoms with Crippen LogP contribution in [0.3, 0.4) is 0 Å². The molecule has 3 nitrogen and oxygen atoms in total. The van der Waals surface area contributed by atoms with E-state index in [1.54, 1.807) is 0 Å². The van der Waals surface area contributed by atoms with E-state index in [1.165, 1.54) is 0 Å². The number of hydrogen-bond acceptors (Lipinski definition) is 3. The molecule has 0 saturated carbocycles. The van der Waals surface area contributed by atoms with Crippen molar-refractivity contribution >= 4 is 22.6 Å². The average Bonchev–Trinajstić information content (AvgIpc) is 2.39. The molecular weight excluding hydrogens is 255 g/mol. The predicted molar refractivity (Wildman–Crippen MR) is 51.8 cm³/mol. The lowest BCUT2D eigenvalue weighted by Gasteiger charge is -2.08. The van der Waals surface area contributed by atoms with Crippen LogP contribution in [0.5, 0.6) is 0 Å². The maximum absolute atomic E-state index is 5.37. The fourth-order valence-electron chi connectivity index (χ4n) is 0.917. The SMILES string of the molecule is CCC(NN)c1ccc(I)o1. The van der Waals surface area contributed by atoms with Gasteiger partial charge in [0.1, 0.15) is 5.76 Å². The van der Waals surface area contributed by atoms with Crippen LogP contribution < -0.4 is 11.3 Å². The van der Waals surface area contributed by atoms with Crippen LogP contribution in [0.2, 0.25) is 0 Å². The Balaban J connectivity index is 2.73. The summed E-state index contributed by atoms with van der Waals surface area (Å²) in [6.07, 6.45) is 0.931. The summed E-state index contributed by atoms with van der Waals surface area (Å²) >= 11 is 2.13. The molecule has 0 fully saturated rings. The average molecular weight is 266 g/mol. The lowest BCUT2D eigenvalue weighted by atomic mass is 10.2. The molecular formula is C7H11IN2O. The molecule has 4 heteroatoms. The number of hydrogen-bond donors (Lipinski definition) is 2. The molecule has 1 aromatic heterocycles. The third-order valence-electron chi connectivity index (χ3n) is 1.55. The Labute approximate surface area is 79.4 Å². The van der Waals surface area contributed by atoms with Crippen molar-refractivity contribution in [1.82, 2.24) is 5.43 Å². The summed E-state index contributed by atoms with van der Waals surface area (Å²) in [5.74, 6) is 6.21. The Morgan fingerprint density at radius 3 is 2.82 bits per heavy atom. The van der Waals surface area contributed by atoms with Gasteiger partial charge in [-0.3, -0.25) is 5.84 Å². The second kappa shape index (κ2) is 4.08. The molecule has 0 radical (unpaired) electrons. The molecule has 0 aliphatic carbocycles. The minimum absolute atomic E-state index is 0.138. The number of rotatable bonds is 3. The fraction of sp³-hybridized carbons (Fsp3) is 0.429. The van der Waals surface area contributed by atoms with E-state index in [2.05, 4.69) is 34.9 Å². The summed E-state index contributed by atoms with van der Waals surface area (Å²) in [4.78, 5) is 0. The predicted octanol–water partition coefficient (Wildman–Crippen LogP) is 1.80. The molecule has 1 rings (SSSR count). The largest absolute Gasteiger partial charge is 0.454 e. The third-order valence-corrected chi connectivity index (χ3v) is 2.13. The van der Waals surface area contributed by atoms with E-state index in [0.29, 0.717) is 0 Å². The fourth-order valence-corrected chi connectivity index (χ4v) is 1.35. The molecule has 62 valence electrons. The third kappa shape index (κ3) is 2.18. The summed E-state index contributed by atoms with van der Waals surface area (Å²) in [7, 11) is 0. The van der Waals surface area contributed by atoms with Crippen molar-refractivity contribution in [2.45, 2.75) is 19.4 Å². The van der Waals surface area contributed by atoms with Crippen LogP contribution in [0.15, 0.2) is 16.5 Å². The van der Waals surface area contributed by atoms with Crippen molar-refractivity contribution in [2.24, 2.45) is 5.84 Å². The minimum Gasteiger partial charge on any atom is -0.454 e. The van der Waals surface area contributed by atoms with Gasteiger partial charge < -0.3 is 4.42 Å². The zero-order chi connectivity index (χ0) is 8.27. The summed E-state index contributed by atoms with van der Waals surface area (Å²) in [5, 5.41) is 0. The van der Waals surface area contributed by atoms with Gasteiger partial charge in [0.05, 0.1) is 6.04 Å². The summed E-state index contributed by atoms with van der Waals surface area (Å²) in [5.41, 5.74) is 2.68. The van der Waals surface area contributed by atoms with Gasteiger partial charge >= 0.3 is 0 Å². The molecule has 0 amide bonds. The van der Waals surface area contributed by atoms with E-state index in [9.17, 15) is 0 Å². The highest BCUT2D eigenvalue weighted by Gasteiger charge is 2.10. The highest BCUT2D eigenvalue weighted by Crippen LogP contribution is 2.19. The van der Waals surface area contributed by atoms with Crippen molar-refractivity contribution in [3.8, 4) is 0 Å². The molecule has 0 aromatic carbocycles. The normalized spacial score (nSPS) is 13.4. The van der Waals surface area contributed by atoms with E-state index in [0.717, 1.165) is 15.9 Å². The van der Waals surface area contributed by atoms with Crippen LogP contribution in [0, 0.1) is 3.77 Å². The molecule has 0 spiro atoms. The van der Waals surface area contributed by atoms with Gasteiger partial charge in [0.2, 0.25) is 0 Å². The van der Waals surface area contributed by atoms with Gasteiger partial charge in [-0.15, -0.1) is 0 Å². The van der Waals surface area contributed by atoms with Crippen molar-refractivity contribution in [2.75, 3.05) is 0 Å². The number of nitrogens with one attached hydrogen (secondary N) is 1. The van der Waals surface area contributed by atoms with E-state index in [1.807, 2.05) is 12.1 Å². The second-order valence-electron chi connectivity index (χ2n) is 2.27. The molecule has 0 saturated heterocycles. The van der Waals surface area contributed by atoms with Crippen LogP contribution in [0.1, 0.15) is 25.1 Å². The van der Waals surface area contributed by atoms with E-state index in [-0.39, 0.29) is 6.04 Å². The Hall–Kier alpha value is -0.0700. The highest BCUT2D eigenvalue weighted by atomic mass is 127. The van der Waals surface area contributed by atoms with Gasteiger partial charge in [-0.05, 0) is 41.1 Å². The zero-order valence-corrected chi connectivity index (χ0v) is 8.46. The first-order chi connectivity index (χ1) is 5.27. The first kappa shape index (κ1) is 9.02. The van der Waals surface area contributed by atoms with Crippen LogP contribution in [0.4, 0.5) is 0 Å². The van der Waals surface area contributed by atoms with Crippen molar-refractivity contribution < 1.29 is 4.42 Å². The molecule has 1 atom stereocenters. The minimum atomic E-state index is 0.138. The second-order valence-corrected chi connectivity index (χ2v) is 3.33. The van der Waals surface area contributed by atoms with E-state index < -0.39 is 0 Å². The first-order valence-electron chi connectivity index (χ1n) is 3.49. The maximum Gasteiger partial charge on any atom is 0.164 e. The maximum atomic E-state index is 5.37. The highest BCUT2D eigenvalue weighted by molar-refractivity contribution is 14.1. The van der Waals surface area contributed by atoms with E-state index in [4.69, 9.17) is 10.3 Å². The van der Waals surface area contributed by atoms with Crippen molar-refractivity contribution in [3.05, 3.63) is 21.7 Å². The number of hydrazine groups is 1. The van der Waals surface area contributed by atoms with Gasteiger partial charge in [0.15, 0.2) is 3.77 Å². The van der Waals surface area contributed by atoms with E-state index >= 15 is 0 Å². The summed E-state index contributed by atoms with van der Waals surface area (Å²) in [6, 6.07) is 4.00. The Bertz CT molecular complexity index is 220. The van der Waals surface area contributed by atoms with Crippen LogP contribution in [-0.4, -0.2) is 0 Å². The molecule has 1 heterocycles. The van der Waals surface area contributed by atoms with Gasteiger partial charge in [0.25, 0.3) is 0 Å². The van der Waals surface area contributed by atoms with Gasteiger partial charge in [0, 0.05) is 0 Å². The quantitative estimate of drug-likeness (QED) is 0.498. The van der Waals surface area contributed by atoms with Crippen LogP contribution in [-0.2, 0) is 0 Å². The summed E-state index contributed by atoms with van der Waals surface area (Å²) in [6.45, 7) is 2.06. The molecule has 0 aliphatic heterocycles. The first-order valence-corrected chi connectivity index (χ1v) is 4.57. The monoisotopic (exact) mass is 266 g/mol. The van der Waals surface area contributed by atoms with Gasteiger partial charge in [-0.1, -0.05) is 6.92 Å². The standard InChI is InChI=1S/C7H11IN2O/c1-2-5(10-9)6-3-4-7(8)11-6/h3-5,10H,2,9H2,1H3. The number of halogens is 1. The number of furan rings is 1. The Kier molecular flexibility index (Phi) is 3.35. The molecule has 3 N–H and O–H groups in total. The topological polar surface area (TPSA) is 51.2 Å². The molecule has 0 aliphatic rings. The number of nitrogens with two attached hydrogens (primary N) is 1. The molecule has 1 unspecified atom stereocenters. The Morgan fingerprint density at radius 2 is 2.45 bits per heavy atom. The lowest BCUT2D eigenvalue weighted by molar-refractivity contribution is 0.398. The molecule has 1 aromatic rings. The molecule has 0 bridgehead atoms. The van der Waals surface area contributed by atoms with Crippen LogP contribution >= 0.6 is 22.6 Å². The zero-order valence-electron chi connectivity index (χ0n) is 6.30. The smallest absolute Gasteiger partial charge is 0.164 e. The van der Waals surface area contributed by atoms with Gasteiger partial charge in [-0.2, -0.15) is 0 Å². The Morgan fingerprint density at radius 1 is 1.73 bits per heavy atom. The van der Waals surface area contributed by atoms with Crippen molar-refractivity contribution in [1.29, 1.82) is 0 Å². The lowest BCUT2D eigenvalue weighted by Crippen LogP contribution is -2.26. The van der Waals surface area contributed by atoms with Crippen molar-refractivity contribution in [3.63, 3.8) is 0 Å². The van der Waals surface area contributed by atoms with Crippen LogP contribution in [0.25, 0.3) is 0 Å². The summed E-state index contributed by atoms with van der Waals surface area (Å²) < 4.78 is 6.27. The van der Waals surface area contributed by atoms with Gasteiger partial charge in [-0.25, -0.2) is 5.43 Å².